The van der Waals surface area contributed by atoms with Crippen LogP contribution in [-0.2, 0) is 31.5 Å². The summed E-state index contributed by atoms with van der Waals surface area (Å²) in [6.07, 6.45) is 0. The third-order valence-electron chi connectivity index (χ3n) is 0. The van der Waals surface area contributed by atoms with Gasteiger partial charge in [0.1, 0.15) is 0 Å². The quantitative estimate of drug-likeness (QED) is 0.256. The molecule has 0 aromatic carbocycles. The molecule has 0 heterocycles. The molecule has 0 rings (SSSR count). The van der Waals surface area contributed by atoms with Crippen LogP contribution in [0.3, 0.4) is 0 Å². The van der Waals surface area contributed by atoms with Crippen LogP contribution in [0.1, 0.15) is 0 Å². The van der Waals surface area contributed by atoms with E-state index in [9.17, 15) is 0 Å². The van der Waals surface area contributed by atoms with Crippen molar-refractivity contribution in [3.63, 3.8) is 0 Å². The molecule has 0 spiro atoms. The molecule has 0 atom stereocenters. The number of hydrogen-bond acceptors (Lipinski definition) is 3. The zero-order chi connectivity index (χ0) is 3.58. The van der Waals surface area contributed by atoms with Crippen LogP contribution in [0.15, 0.2) is 0 Å². The molecule has 0 aliphatic rings. The van der Waals surface area contributed by atoms with Crippen LogP contribution in [0.5, 0.6) is 0 Å². The van der Waals surface area contributed by atoms with Crippen LogP contribution < -0.4 is 9.59 Å². The van der Waals surface area contributed by atoms with E-state index in [-0.39, 0.29) is 27.0 Å². The third-order valence-corrected chi connectivity index (χ3v) is 0. The molecular weight excluding hydrogens is 140 g/mol. The van der Waals surface area contributed by atoms with E-state index in [1.165, 1.54) is 0 Å². The van der Waals surface area contributed by atoms with Crippen molar-refractivity contribution in [2.45, 2.75) is 0 Å². The molecule has 0 fully saturated rings. The Morgan fingerprint density at radius 1 is 1.17 bits per heavy atom. The Labute approximate surface area is 50.8 Å². The summed E-state index contributed by atoms with van der Waals surface area (Å²) in [6.45, 7) is 0. The summed E-state index contributed by atoms with van der Waals surface area (Å²) < 4.78 is 8.52. The van der Waals surface area contributed by atoms with Crippen LogP contribution in [0.2, 0.25) is 0 Å². The van der Waals surface area contributed by atoms with Crippen molar-refractivity contribution < 1.29 is 14.1 Å². The van der Waals surface area contributed by atoms with Gasteiger partial charge in [-0.15, -0.1) is 0 Å². The SMILES string of the molecule is O=[Si]([O-])[O-].[SH3+].[SH3+]. The Bertz CT molecular complexity index is 31.8. The van der Waals surface area contributed by atoms with E-state index in [2.05, 4.69) is 0 Å². The average Bonchev–Trinajstić information content (AvgIpc) is 0.811. The first-order valence-electron chi connectivity index (χ1n) is 0.612. The maximum absolute atomic E-state index is 8.52. The van der Waals surface area contributed by atoms with Crippen molar-refractivity contribution in [2.24, 2.45) is 0 Å². The largest absolute Gasteiger partial charge is 0.672 e. The van der Waals surface area contributed by atoms with Gasteiger partial charge in [-0.3, -0.25) is 0 Å². The molecule has 6 heteroatoms. The maximum Gasteiger partial charge on any atom is 0.0172 e. The molecule has 0 saturated heterocycles. The minimum Gasteiger partial charge on any atom is -0.672 e. The Kier molecular flexibility index (Phi) is 24.4. The summed E-state index contributed by atoms with van der Waals surface area (Å²) >= 11 is 0. The normalized spacial score (nSPS) is 4.00. The lowest BCUT2D eigenvalue weighted by Crippen LogP contribution is -2.34. The fraction of sp³-hybridized carbons (Fsp3) is 0. The number of rotatable bonds is 0. The predicted molar refractivity (Wildman–Crippen MR) is 29.5 cm³/mol. The molecule has 0 aromatic rings. The van der Waals surface area contributed by atoms with Crippen LogP contribution in [0.25, 0.3) is 0 Å². The van der Waals surface area contributed by atoms with Crippen molar-refractivity contribution in [1.29, 1.82) is 0 Å². The van der Waals surface area contributed by atoms with Gasteiger partial charge < -0.3 is 14.1 Å². The Morgan fingerprint density at radius 2 is 1.17 bits per heavy atom. The van der Waals surface area contributed by atoms with Crippen molar-refractivity contribution in [3.05, 3.63) is 0 Å². The highest BCUT2D eigenvalue weighted by Crippen LogP contribution is 0.990. The van der Waals surface area contributed by atoms with Gasteiger partial charge in [0.25, 0.3) is 0 Å². The van der Waals surface area contributed by atoms with E-state index < -0.39 is 9.17 Å². The van der Waals surface area contributed by atoms with Gasteiger partial charge in [0.2, 0.25) is 0 Å². The summed E-state index contributed by atoms with van der Waals surface area (Å²) in [4.78, 5) is 17.0. The average molecular weight is 146 g/mol. The van der Waals surface area contributed by atoms with Crippen LogP contribution in [0.4, 0.5) is 0 Å². The molecule has 0 radical (unpaired) electrons. The predicted octanol–water partition coefficient (Wildman–Crippen LogP) is -4.49. The first-order valence-corrected chi connectivity index (χ1v) is 1.84. The zero-order valence-corrected chi connectivity index (χ0v) is 6.19. The molecule has 0 N–H and O–H groups in total. The van der Waals surface area contributed by atoms with Gasteiger partial charge in [0, 0.05) is 9.17 Å². The zero-order valence-electron chi connectivity index (χ0n) is 2.88. The molecule has 0 unspecified atom stereocenters. The Morgan fingerprint density at radius 3 is 1.17 bits per heavy atom. The van der Waals surface area contributed by atoms with Crippen LogP contribution in [0, 0.1) is 0 Å². The summed E-state index contributed by atoms with van der Waals surface area (Å²) in [5.74, 6) is 0. The maximum atomic E-state index is 8.52. The Balaban J connectivity index is -0.0000000450. The van der Waals surface area contributed by atoms with E-state index >= 15 is 0 Å². The second kappa shape index (κ2) is 9.01. The van der Waals surface area contributed by atoms with Gasteiger partial charge in [-0.1, -0.05) is 27.0 Å². The first-order chi connectivity index (χ1) is 1.73. The smallest absolute Gasteiger partial charge is 0.0172 e. The fourth-order valence-corrected chi connectivity index (χ4v) is 0. The minimum absolute atomic E-state index is 0. The van der Waals surface area contributed by atoms with Gasteiger partial charge in [-0.25, -0.2) is 0 Å². The molecule has 0 amide bonds. The molecule has 0 saturated carbocycles. The summed E-state index contributed by atoms with van der Waals surface area (Å²) in [7, 11) is -3.63. The molecule has 0 aliphatic carbocycles. The Hall–Kier alpha value is 0.317. The monoisotopic (exact) mass is 146 g/mol. The van der Waals surface area contributed by atoms with Gasteiger partial charge in [0.15, 0.2) is 0 Å². The standard InChI is InChI=1S/O3Si.2H2S/c1-4(2)3;;/h;2*1H2/q-2;;/p+2. The van der Waals surface area contributed by atoms with E-state index in [4.69, 9.17) is 14.1 Å². The summed E-state index contributed by atoms with van der Waals surface area (Å²) in [5.41, 5.74) is 0. The first kappa shape index (κ1) is 16.2. The highest BCUT2D eigenvalue weighted by Gasteiger charge is 1.29. The van der Waals surface area contributed by atoms with Crippen LogP contribution in [-0.4, -0.2) is 9.17 Å². The lowest BCUT2D eigenvalue weighted by Gasteiger charge is -1.94. The van der Waals surface area contributed by atoms with Gasteiger partial charge in [0.05, 0.1) is 0 Å². The van der Waals surface area contributed by atoms with Gasteiger partial charge in [-0.05, 0) is 0 Å². The van der Waals surface area contributed by atoms with Crippen molar-refractivity contribution >= 4 is 36.2 Å². The lowest BCUT2D eigenvalue weighted by atomic mass is 15.8. The second-order valence-corrected chi connectivity index (χ2v) is 0.750. The van der Waals surface area contributed by atoms with E-state index in [0.29, 0.717) is 0 Å². The van der Waals surface area contributed by atoms with E-state index in [1.54, 1.807) is 0 Å². The molecule has 0 aliphatic heterocycles. The van der Waals surface area contributed by atoms with Crippen molar-refractivity contribution in [2.75, 3.05) is 0 Å². The topological polar surface area (TPSA) is 63.2 Å². The minimum atomic E-state index is -3.63. The summed E-state index contributed by atoms with van der Waals surface area (Å²) in [6, 6.07) is 0. The summed E-state index contributed by atoms with van der Waals surface area (Å²) in [5, 5.41) is 0. The highest BCUT2D eigenvalue weighted by atomic mass is 32.1. The van der Waals surface area contributed by atoms with Crippen molar-refractivity contribution in [1.82, 2.24) is 0 Å². The molecule has 3 nitrogen and oxygen atoms in total. The lowest BCUT2D eigenvalue weighted by molar-refractivity contribution is -0.354. The third kappa shape index (κ3) is 473. The number of hydrogen-bond donors (Lipinski definition) is 0. The second-order valence-electron chi connectivity index (χ2n) is 0.250. The molecule has 40 valence electrons. The molecule has 6 heavy (non-hydrogen) atoms. The van der Waals surface area contributed by atoms with Gasteiger partial charge >= 0.3 is 0 Å². The highest BCUT2D eigenvalue weighted by molar-refractivity contribution is 7.37. The molecule has 0 bridgehead atoms. The van der Waals surface area contributed by atoms with Crippen LogP contribution >= 0.6 is 0 Å². The van der Waals surface area contributed by atoms with E-state index in [1.807, 2.05) is 0 Å². The fourth-order valence-electron chi connectivity index (χ4n) is 0. The van der Waals surface area contributed by atoms with Crippen molar-refractivity contribution in [3.8, 4) is 0 Å². The molecular formula is H6O3S2Si. The molecule has 0 aromatic heterocycles. The van der Waals surface area contributed by atoms with Gasteiger partial charge in [-0.2, -0.15) is 0 Å². The van der Waals surface area contributed by atoms with E-state index in [0.717, 1.165) is 0 Å².